The number of rotatable bonds is 12. The molecular formula is C20H29ClN2O7S. The Kier molecular flexibility index (Phi) is 10.7. The molecule has 1 aromatic rings. The number of hydrogen-bond acceptors (Lipinski definition) is 7. The second kappa shape index (κ2) is 13.0. The van der Waals surface area contributed by atoms with Gasteiger partial charge in [0.1, 0.15) is 6.04 Å². The van der Waals surface area contributed by atoms with Gasteiger partial charge in [0, 0.05) is 24.6 Å². The Labute approximate surface area is 187 Å². The van der Waals surface area contributed by atoms with E-state index < -0.39 is 28.3 Å². The van der Waals surface area contributed by atoms with Gasteiger partial charge < -0.3 is 19.5 Å². The van der Waals surface area contributed by atoms with E-state index in [1.807, 2.05) is 0 Å². The van der Waals surface area contributed by atoms with Gasteiger partial charge in [-0.3, -0.25) is 9.59 Å². The molecule has 1 aromatic carbocycles. The molecule has 1 saturated heterocycles. The summed E-state index contributed by atoms with van der Waals surface area (Å²) >= 11 is 5.82. The van der Waals surface area contributed by atoms with Crippen LogP contribution in [-0.2, 0) is 33.8 Å². The minimum absolute atomic E-state index is 0.0123. The molecule has 0 bridgehead atoms. The second-order valence-corrected chi connectivity index (χ2v) is 9.23. The first-order valence-corrected chi connectivity index (χ1v) is 12.0. The van der Waals surface area contributed by atoms with Gasteiger partial charge in [0.25, 0.3) is 0 Å². The third kappa shape index (κ3) is 9.12. The number of amides is 1. The van der Waals surface area contributed by atoms with Crippen molar-refractivity contribution in [3.63, 3.8) is 0 Å². The van der Waals surface area contributed by atoms with E-state index in [-0.39, 0.29) is 30.4 Å². The van der Waals surface area contributed by atoms with Crippen molar-refractivity contribution in [2.45, 2.75) is 55.8 Å². The maximum absolute atomic E-state index is 12.7. The molecule has 2 atom stereocenters. The molecule has 9 nitrogen and oxygen atoms in total. The number of halogens is 1. The summed E-state index contributed by atoms with van der Waals surface area (Å²) in [4.78, 5) is 23.8. The Morgan fingerprint density at radius 2 is 1.97 bits per heavy atom. The van der Waals surface area contributed by atoms with Crippen LogP contribution in [0.2, 0.25) is 5.02 Å². The molecule has 0 spiro atoms. The highest BCUT2D eigenvalue weighted by Gasteiger charge is 2.27. The zero-order valence-corrected chi connectivity index (χ0v) is 19.0. The molecule has 1 amide bonds. The van der Waals surface area contributed by atoms with Gasteiger partial charge in [-0.25, -0.2) is 8.42 Å². The van der Waals surface area contributed by atoms with E-state index in [0.29, 0.717) is 30.9 Å². The van der Waals surface area contributed by atoms with Gasteiger partial charge >= 0.3 is 5.97 Å². The quantitative estimate of drug-likeness (QED) is 0.349. The molecule has 1 aliphatic heterocycles. The SMILES string of the molecule is COC(=O)CCCCNC(=O)[C@H](COC1CCCCO1)NS(=O)(=O)c1ccc(Cl)cc1. The largest absolute Gasteiger partial charge is 0.469 e. The summed E-state index contributed by atoms with van der Waals surface area (Å²) in [7, 11) is -2.66. The standard InChI is InChI=1S/C20H29ClN2O7S/c1-28-18(24)6-2-4-12-22-20(25)17(14-30-19-7-3-5-13-29-19)23-31(26,27)16-10-8-15(21)9-11-16/h8-11,17,19,23H,2-7,12-14H2,1H3,(H,22,25)/t17-,19?/m0/s1. The molecule has 11 heteroatoms. The Morgan fingerprint density at radius 3 is 2.61 bits per heavy atom. The minimum Gasteiger partial charge on any atom is -0.469 e. The number of nitrogens with one attached hydrogen (secondary N) is 2. The summed E-state index contributed by atoms with van der Waals surface area (Å²) in [6.45, 7) is 0.679. The van der Waals surface area contributed by atoms with Crippen molar-refractivity contribution >= 4 is 33.5 Å². The molecule has 0 aliphatic carbocycles. The molecule has 31 heavy (non-hydrogen) atoms. The van der Waals surface area contributed by atoms with Crippen molar-refractivity contribution in [1.82, 2.24) is 10.0 Å². The maximum atomic E-state index is 12.7. The van der Waals surface area contributed by atoms with Crippen LogP contribution in [0.4, 0.5) is 0 Å². The van der Waals surface area contributed by atoms with E-state index in [4.69, 9.17) is 21.1 Å². The fourth-order valence-corrected chi connectivity index (χ4v) is 4.22. The highest BCUT2D eigenvalue weighted by Crippen LogP contribution is 2.16. The number of unbranched alkanes of at least 4 members (excludes halogenated alkanes) is 1. The number of esters is 1. The number of ether oxygens (including phenoxy) is 3. The summed E-state index contributed by atoms with van der Waals surface area (Å²) in [5, 5.41) is 3.09. The van der Waals surface area contributed by atoms with E-state index in [1.165, 1.54) is 31.4 Å². The summed E-state index contributed by atoms with van der Waals surface area (Å²) in [5.74, 6) is -0.841. The molecular weight excluding hydrogens is 448 g/mol. The molecule has 0 saturated carbocycles. The van der Waals surface area contributed by atoms with Crippen LogP contribution < -0.4 is 10.0 Å². The van der Waals surface area contributed by atoms with Gasteiger partial charge in [-0.05, 0) is 56.4 Å². The molecule has 2 N–H and O–H groups in total. The fraction of sp³-hybridized carbons (Fsp3) is 0.600. The van der Waals surface area contributed by atoms with Crippen LogP contribution in [-0.4, -0.2) is 59.5 Å². The van der Waals surface area contributed by atoms with Crippen LogP contribution in [0.1, 0.15) is 38.5 Å². The summed E-state index contributed by atoms with van der Waals surface area (Å²) < 4.78 is 43.6. The van der Waals surface area contributed by atoms with Crippen molar-refractivity contribution in [3.05, 3.63) is 29.3 Å². The predicted octanol–water partition coefficient (Wildman–Crippen LogP) is 1.99. The van der Waals surface area contributed by atoms with Crippen LogP contribution in [0, 0.1) is 0 Å². The number of sulfonamides is 1. The van der Waals surface area contributed by atoms with Gasteiger partial charge in [-0.2, -0.15) is 4.72 Å². The molecule has 1 fully saturated rings. The lowest BCUT2D eigenvalue weighted by atomic mass is 10.2. The van der Waals surface area contributed by atoms with Crippen LogP contribution in [0.5, 0.6) is 0 Å². The van der Waals surface area contributed by atoms with Gasteiger partial charge in [-0.1, -0.05) is 11.6 Å². The lowest BCUT2D eigenvalue weighted by Gasteiger charge is -2.25. The molecule has 1 heterocycles. The normalized spacial score (nSPS) is 17.7. The van der Waals surface area contributed by atoms with Crippen molar-refractivity contribution in [2.75, 3.05) is 26.9 Å². The van der Waals surface area contributed by atoms with E-state index in [2.05, 4.69) is 14.8 Å². The third-order valence-electron chi connectivity index (χ3n) is 4.66. The Hall–Kier alpha value is -1.72. The average Bonchev–Trinajstić information content (AvgIpc) is 2.77. The molecule has 174 valence electrons. The minimum atomic E-state index is -3.98. The van der Waals surface area contributed by atoms with Crippen molar-refractivity contribution in [1.29, 1.82) is 0 Å². The molecule has 0 aromatic heterocycles. The molecule has 1 aliphatic rings. The van der Waals surface area contributed by atoms with Crippen molar-refractivity contribution < 1.29 is 32.2 Å². The topological polar surface area (TPSA) is 120 Å². The second-order valence-electron chi connectivity index (χ2n) is 7.08. The highest BCUT2D eigenvalue weighted by atomic mass is 35.5. The smallest absolute Gasteiger partial charge is 0.305 e. The van der Waals surface area contributed by atoms with E-state index in [9.17, 15) is 18.0 Å². The lowest BCUT2D eigenvalue weighted by molar-refractivity contribution is -0.167. The van der Waals surface area contributed by atoms with Crippen LogP contribution in [0.25, 0.3) is 0 Å². The van der Waals surface area contributed by atoms with Gasteiger partial charge in [0.05, 0.1) is 18.6 Å². The third-order valence-corrected chi connectivity index (χ3v) is 6.40. The Bertz CT molecular complexity index is 811. The van der Waals surface area contributed by atoms with E-state index >= 15 is 0 Å². The zero-order valence-electron chi connectivity index (χ0n) is 17.5. The van der Waals surface area contributed by atoms with E-state index in [0.717, 1.165) is 12.8 Å². The number of carbonyl (C=O) groups excluding carboxylic acids is 2. The highest BCUT2D eigenvalue weighted by molar-refractivity contribution is 7.89. The molecule has 2 rings (SSSR count). The number of carbonyl (C=O) groups is 2. The predicted molar refractivity (Wildman–Crippen MR) is 114 cm³/mol. The van der Waals surface area contributed by atoms with Crippen LogP contribution >= 0.6 is 11.6 Å². The summed E-state index contributed by atoms with van der Waals surface area (Å²) in [6.07, 6.45) is 3.44. The van der Waals surface area contributed by atoms with Crippen molar-refractivity contribution in [2.24, 2.45) is 0 Å². The molecule has 1 unspecified atom stereocenters. The first kappa shape index (κ1) is 25.5. The first-order valence-electron chi connectivity index (χ1n) is 10.2. The maximum Gasteiger partial charge on any atom is 0.305 e. The van der Waals surface area contributed by atoms with Gasteiger partial charge in [-0.15, -0.1) is 0 Å². The number of hydrogen-bond donors (Lipinski definition) is 2. The molecule has 0 radical (unpaired) electrons. The monoisotopic (exact) mass is 476 g/mol. The van der Waals surface area contributed by atoms with E-state index in [1.54, 1.807) is 0 Å². The zero-order chi connectivity index (χ0) is 22.7. The van der Waals surface area contributed by atoms with Crippen molar-refractivity contribution in [3.8, 4) is 0 Å². The van der Waals surface area contributed by atoms with Gasteiger partial charge in [0.15, 0.2) is 6.29 Å². The number of methoxy groups -OCH3 is 1. The average molecular weight is 477 g/mol. The Balaban J connectivity index is 1.96. The summed E-state index contributed by atoms with van der Waals surface area (Å²) in [6, 6.07) is 4.49. The van der Waals surface area contributed by atoms with Gasteiger partial charge in [0.2, 0.25) is 15.9 Å². The number of benzene rings is 1. The first-order chi connectivity index (χ1) is 14.8. The van der Waals surface area contributed by atoms with Crippen LogP contribution in [0.15, 0.2) is 29.2 Å². The lowest BCUT2D eigenvalue weighted by Crippen LogP contribution is -2.50. The summed E-state index contributed by atoms with van der Waals surface area (Å²) in [5.41, 5.74) is 0. The Morgan fingerprint density at radius 1 is 1.23 bits per heavy atom. The van der Waals surface area contributed by atoms with Crippen LogP contribution in [0.3, 0.4) is 0 Å². The fourth-order valence-electron chi connectivity index (χ4n) is 2.91.